The highest BCUT2D eigenvalue weighted by Crippen LogP contribution is 2.35. The second-order valence-electron chi connectivity index (χ2n) is 7.30. The molecule has 3 rings (SSSR count). The van der Waals surface area contributed by atoms with E-state index in [1.165, 1.54) is 37.5 Å². The van der Waals surface area contributed by atoms with Gasteiger partial charge in [-0.1, -0.05) is 6.07 Å². The Morgan fingerprint density at radius 3 is 2.48 bits per heavy atom. The van der Waals surface area contributed by atoms with E-state index < -0.39 is 34.9 Å². The Bertz CT molecular complexity index is 1290. The molecule has 3 aromatic rings. The minimum absolute atomic E-state index is 0.0761. The zero-order valence-electron chi connectivity index (χ0n) is 17.8. The summed E-state index contributed by atoms with van der Waals surface area (Å²) in [5.74, 6) is -3.18. The smallest absolute Gasteiger partial charge is 0.326 e. The van der Waals surface area contributed by atoms with E-state index >= 15 is 0 Å². The van der Waals surface area contributed by atoms with Crippen LogP contribution in [-0.2, 0) is 11.8 Å². The van der Waals surface area contributed by atoms with Gasteiger partial charge in [0.15, 0.2) is 5.69 Å². The summed E-state index contributed by atoms with van der Waals surface area (Å²) in [7, 11) is 1.43. The number of aromatic nitrogens is 1. The maximum atomic E-state index is 14.5. The molecule has 172 valence electrons. The number of urea groups is 1. The van der Waals surface area contributed by atoms with E-state index in [9.17, 15) is 28.3 Å². The summed E-state index contributed by atoms with van der Waals surface area (Å²) >= 11 is 0. The van der Waals surface area contributed by atoms with Gasteiger partial charge in [0.05, 0.1) is 12.1 Å². The first-order valence-electron chi connectivity index (χ1n) is 9.84. The van der Waals surface area contributed by atoms with Gasteiger partial charge in [0, 0.05) is 31.4 Å². The Morgan fingerprint density at radius 2 is 1.82 bits per heavy atom. The molecule has 0 bridgehead atoms. The second kappa shape index (κ2) is 9.51. The van der Waals surface area contributed by atoms with Crippen LogP contribution in [-0.4, -0.2) is 33.3 Å². The molecule has 0 spiro atoms. The standard InChI is InChI=1S/C23H21F2N3O5/c1-13-3-5-15(12-17(13)16-6-4-14(24)11-18(16)25)28(23(33)26-9-7-20(30)31)21-19(29)8-10-27(2)22(21)32/h3-6,8,10-12,29H,7,9H2,1-2H3,(H,26,33)(H,30,31). The number of benzene rings is 2. The van der Waals surface area contributed by atoms with Crippen molar-refractivity contribution in [2.24, 2.45) is 7.05 Å². The number of amides is 2. The van der Waals surface area contributed by atoms with Crippen LogP contribution in [0.2, 0.25) is 0 Å². The van der Waals surface area contributed by atoms with Gasteiger partial charge in [-0.05, 0) is 48.4 Å². The molecule has 0 aliphatic carbocycles. The Morgan fingerprint density at radius 1 is 1.09 bits per heavy atom. The molecule has 0 unspecified atom stereocenters. The molecule has 3 N–H and O–H groups in total. The molecule has 8 nitrogen and oxygen atoms in total. The number of aryl methyl sites for hydroxylation is 2. The van der Waals surface area contributed by atoms with Crippen LogP contribution in [0.5, 0.6) is 5.75 Å². The van der Waals surface area contributed by atoms with Crippen LogP contribution in [0.25, 0.3) is 11.1 Å². The maximum absolute atomic E-state index is 14.5. The molecule has 0 radical (unpaired) electrons. The molecule has 0 atom stereocenters. The lowest BCUT2D eigenvalue weighted by Crippen LogP contribution is -2.41. The van der Waals surface area contributed by atoms with E-state index in [4.69, 9.17) is 5.11 Å². The lowest BCUT2D eigenvalue weighted by atomic mass is 9.99. The van der Waals surface area contributed by atoms with Crippen LogP contribution in [0.4, 0.5) is 25.0 Å². The number of carboxylic acids is 1. The van der Waals surface area contributed by atoms with Crippen molar-refractivity contribution in [3.63, 3.8) is 0 Å². The van der Waals surface area contributed by atoms with Gasteiger partial charge in [0.1, 0.15) is 17.4 Å². The Kier molecular flexibility index (Phi) is 6.76. The number of carbonyl (C=O) groups excluding carboxylic acids is 1. The molecule has 0 saturated heterocycles. The highest BCUT2D eigenvalue weighted by atomic mass is 19.1. The van der Waals surface area contributed by atoms with Crippen LogP contribution in [0.15, 0.2) is 53.5 Å². The number of hydrogen-bond acceptors (Lipinski definition) is 4. The topological polar surface area (TPSA) is 112 Å². The largest absolute Gasteiger partial charge is 0.505 e. The molecule has 0 aliphatic heterocycles. The minimum Gasteiger partial charge on any atom is -0.505 e. The molecular weight excluding hydrogens is 436 g/mol. The average molecular weight is 457 g/mol. The van der Waals surface area contributed by atoms with Crippen molar-refractivity contribution in [1.29, 1.82) is 0 Å². The number of anilines is 2. The summed E-state index contributed by atoms with van der Waals surface area (Å²) < 4.78 is 29.0. The monoisotopic (exact) mass is 457 g/mol. The molecule has 1 heterocycles. The van der Waals surface area contributed by atoms with Crippen molar-refractivity contribution in [2.45, 2.75) is 13.3 Å². The Labute approximate surface area is 187 Å². The van der Waals surface area contributed by atoms with Crippen LogP contribution in [0, 0.1) is 18.6 Å². The summed E-state index contributed by atoms with van der Waals surface area (Å²) in [6.07, 6.45) is 0.953. The first kappa shape index (κ1) is 23.5. The third-order valence-electron chi connectivity index (χ3n) is 4.96. The molecule has 33 heavy (non-hydrogen) atoms. The second-order valence-corrected chi connectivity index (χ2v) is 7.30. The zero-order chi connectivity index (χ0) is 24.3. The predicted octanol–water partition coefficient (Wildman–Crippen LogP) is 3.67. The fourth-order valence-electron chi connectivity index (χ4n) is 3.27. The molecule has 0 fully saturated rings. The van der Waals surface area contributed by atoms with Crippen molar-refractivity contribution in [3.8, 4) is 16.9 Å². The van der Waals surface area contributed by atoms with Gasteiger partial charge < -0.3 is 20.1 Å². The molecule has 2 aromatic carbocycles. The van der Waals surface area contributed by atoms with Gasteiger partial charge in [0.25, 0.3) is 5.56 Å². The first-order chi connectivity index (χ1) is 15.6. The van der Waals surface area contributed by atoms with Gasteiger partial charge >= 0.3 is 12.0 Å². The maximum Gasteiger partial charge on any atom is 0.326 e. The number of aromatic hydroxyl groups is 1. The van der Waals surface area contributed by atoms with Crippen LogP contribution in [0.3, 0.4) is 0 Å². The van der Waals surface area contributed by atoms with E-state index in [1.807, 2.05) is 0 Å². The van der Waals surface area contributed by atoms with Crippen molar-refractivity contribution >= 4 is 23.4 Å². The molecule has 1 aromatic heterocycles. The van der Waals surface area contributed by atoms with E-state index in [2.05, 4.69) is 5.32 Å². The third-order valence-corrected chi connectivity index (χ3v) is 4.96. The number of rotatable bonds is 6. The Balaban J connectivity index is 2.17. The number of nitrogens with one attached hydrogen (secondary N) is 1. The average Bonchev–Trinajstić information content (AvgIpc) is 2.74. The number of hydrogen-bond donors (Lipinski definition) is 3. The van der Waals surface area contributed by atoms with E-state index in [0.717, 1.165) is 21.6 Å². The Hall–Kier alpha value is -4.21. The number of halogens is 2. The SMILES string of the molecule is Cc1ccc(N(C(=O)NCCC(=O)O)c2c(O)ccn(C)c2=O)cc1-c1ccc(F)cc1F. The summed E-state index contributed by atoms with van der Waals surface area (Å²) in [5, 5.41) is 21.6. The fraction of sp³-hybridized carbons (Fsp3) is 0.174. The van der Waals surface area contributed by atoms with E-state index in [0.29, 0.717) is 11.1 Å². The van der Waals surface area contributed by atoms with Gasteiger partial charge in [-0.15, -0.1) is 0 Å². The molecule has 0 saturated carbocycles. The first-order valence-corrected chi connectivity index (χ1v) is 9.84. The predicted molar refractivity (Wildman–Crippen MR) is 118 cm³/mol. The molecule has 10 heteroatoms. The van der Waals surface area contributed by atoms with Gasteiger partial charge in [0.2, 0.25) is 0 Å². The van der Waals surface area contributed by atoms with Crippen molar-refractivity contribution < 1.29 is 28.6 Å². The molecular formula is C23H21F2N3O5. The highest BCUT2D eigenvalue weighted by Gasteiger charge is 2.26. The van der Waals surface area contributed by atoms with Crippen molar-refractivity contribution in [2.75, 3.05) is 11.4 Å². The summed E-state index contributed by atoms with van der Waals surface area (Å²) in [6, 6.07) is 7.93. The van der Waals surface area contributed by atoms with Crippen molar-refractivity contribution in [1.82, 2.24) is 9.88 Å². The number of carboxylic acid groups (broad SMARTS) is 1. The van der Waals surface area contributed by atoms with Crippen molar-refractivity contribution in [3.05, 3.63) is 76.2 Å². The fourth-order valence-corrected chi connectivity index (χ4v) is 3.27. The molecule has 2 amide bonds. The van der Waals surface area contributed by atoms with E-state index in [1.54, 1.807) is 13.0 Å². The quantitative estimate of drug-likeness (QED) is 0.523. The summed E-state index contributed by atoms with van der Waals surface area (Å²) in [4.78, 5) is 37.5. The summed E-state index contributed by atoms with van der Waals surface area (Å²) in [5.41, 5.74) is 0.0554. The van der Waals surface area contributed by atoms with Crippen LogP contribution < -0.4 is 15.8 Å². The lowest BCUT2D eigenvalue weighted by molar-refractivity contribution is -0.136. The van der Waals surface area contributed by atoms with Gasteiger partial charge in [-0.2, -0.15) is 0 Å². The highest BCUT2D eigenvalue weighted by molar-refractivity contribution is 6.01. The minimum atomic E-state index is -1.13. The number of pyridine rings is 1. The van der Waals surface area contributed by atoms with Crippen LogP contribution in [0.1, 0.15) is 12.0 Å². The normalized spacial score (nSPS) is 10.7. The summed E-state index contributed by atoms with van der Waals surface area (Å²) in [6.45, 7) is 1.46. The third kappa shape index (κ3) is 5.00. The number of carbonyl (C=O) groups is 2. The molecule has 0 aliphatic rings. The number of nitrogens with zero attached hydrogens (tertiary/aromatic N) is 2. The van der Waals surface area contributed by atoms with Gasteiger partial charge in [-0.25, -0.2) is 13.6 Å². The number of aliphatic carboxylic acids is 1. The van der Waals surface area contributed by atoms with E-state index in [-0.39, 0.29) is 29.9 Å². The lowest BCUT2D eigenvalue weighted by Gasteiger charge is -2.25. The van der Waals surface area contributed by atoms with Gasteiger partial charge in [-0.3, -0.25) is 14.5 Å². The zero-order valence-corrected chi connectivity index (χ0v) is 17.8. The van der Waals surface area contributed by atoms with Crippen LogP contribution >= 0.6 is 0 Å².